The van der Waals surface area contributed by atoms with Gasteiger partial charge in [-0.1, -0.05) is 40.9 Å². The fourth-order valence-electron chi connectivity index (χ4n) is 2.78. The van der Waals surface area contributed by atoms with E-state index in [0.717, 1.165) is 16.3 Å². The Kier molecular flexibility index (Phi) is 5.38. The standard InChI is InChI=1S/C15H21BrClN/c1-2-12-4-3-8-18(9-7-12)15-6-5-14(17)10-13(15)11-16/h5-6,10,12H,2-4,7-9,11H2,1H3. The molecule has 100 valence electrons. The van der Waals surface area contributed by atoms with Crippen LogP contribution in [0.4, 0.5) is 5.69 Å². The lowest BCUT2D eigenvalue weighted by Crippen LogP contribution is -2.25. The molecule has 1 nitrogen and oxygen atoms in total. The highest BCUT2D eigenvalue weighted by Gasteiger charge is 2.17. The number of hydrogen-bond acceptors (Lipinski definition) is 1. The Morgan fingerprint density at radius 3 is 2.89 bits per heavy atom. The minimum atomic E-state index is 0.828. The summed E-state index contributed by atoms with van der Waals surface area (Å²) in [6.07, 6.45) is 5.33. The van der Waals surface area contributed by atoms with Crippen molar-refractivity contribution in [1.82, 2.24) is 0 Å². The SMILES string of the molecule is CCC1CCCN(c2ccc(Cl)cc2CBr)CC1. The lowest BCUT2D eigenvalue weighted by Gasteiger charge is -2.25. The van der Waals surface area contributed by atoms with E-state index in [1.54, 1.807) is 0 Å². The van der Waals surface area contributed by atoms with Crippen LogP contribution in [-0.2, 0) is 5.33 Å². The third-order valence-corrected chi connectivity index (χ3v) is 4.79. The molecule has 0 spiro atoms. The van der Waals surface area contributed by atoms with Crippen molar-refractivity contribution in [2.75, 3.05) is 18.0 Å². The molecule has 0 saturated carbocycles. The van der Waals surface area contributed by atoms with E-state index in [1.165, 1.54) is 50.0 Å². The maximum absolute atomic E-state index is 6.07. The summed E-state index contributed by atoms with van der Waals surface area (Å²) in [6.45, 7) is 4.67. The van der Waals surface area contributed by atoms with Gasteiger partial charge in [-0.3, -0.25) is 0 Å². The highest BCUT2D eigenvalue weighted by molar-refractivity contribution is 9.08. The largest absolute Gasteiger partial charge is 0.371 e. The highest BCUT2D eigenvalue weighted by atomic mass is 79.9. The number of hydrogen-bond donors (Lipinski definition) is 0. The Balaban J connectivity index is 2.15. The first kappa shape index (κ1) is 14.2. The second-order valence-corrected chi connectivity index (χ2v) is 6.10. The molecule has 1 aliphatic heterocycles. The third-order valence-electron chi connectivity index (χ3n) is 3.95. The van der Waals surface area contributed by atoms with Crippen LogP contribution in [-0.4, -0.2) is 13.1 Å². The number of anilines is 1. The first-order valence-electron chi connectivity index (χ1n) is 6.84. The first-order valence-corrected chi connectivity index (χ1v) is 8.34. The molecule has 1 aromatic carbocycles. The molecule has 1 aliphatic rings. The zero-order valence-electron chi connectivity index (χ0n) is 11.0. The van der Waals surface area contributed by atoms with Crippen LogP contribution in [0.15, 0.2) is 18.2 Å². The predicted octanol–water partition coefficient (Wildman–Crippen LogP) is 5.25. The molecule has 2 rings (SSSR count). The Hall–Kier alpha value is -0.210. The number of alkyl halides is 1. The van der Waals surface area contributed by atoms with Gasteiger partial charge in [0.1, 0.15) is 0 Å². The van der Waals surface area contributed by atoms with Gasteiger partial charge in [-0.15, -0.1) is 0 Å². The van der Waals surface area contributed by atoms with Crippen LogP contribution in [0, 0.1) is 5.92 Å². The topological polar surface area (TPSA) is 3.24 Å². The van der Waals surface area contributed by atoms with Crippen LogP contribution in [0.1, 0.15) is 38.2 Å². The summed E-state index contributed by atoms with van der Waals surface area (Å²) in [7, 11) is 0. The van der Waals surface area contributed by atoms with Crippen molar-refractivity contribution in [3.8, 4) is 0 Å². The van der Waals surface area contributed by atoms with Gasteiger partial charge in [0.15, 0.2) is 0 Å². The minimum absolute atomic E-state index is 0.828. The van der Waals surface area contributed by atoms with Crippen molar-refractivity contribution in [3.05, 3.63) is 28.8 Å². The second kappa shape index (κ2) is 6.81. The second-order valence-electron chi connectivity index (χ2n) is 5.10. The summed E-state index contributed by atoms with van der Waals surface area (Å²) in [5.41, 5.74) is 2.66. The van der Waals surface area contributed by atoms with E-state index in [4.69, 9.17) is 11.6 Å². The molecule has 0 radical (unpaired) electrons. The quantitative estimate of drug-likeness (QED) is 0.684. The first-order chi connectivity index (χ1) is 8.74. The molecule has 1 unspecified atom stereocenters. The highest BCUT2D eigenvalue weighted by Crippen LogP contribution is 2.30. The van der Waals surface area contributed by atoms with Crippen molar-refractivity contribution in [3.63, 3.8) is 0 Å². The lowest BCUT2D eigenvalue weighted by molar-refractivity contribution is 0.459. The molecule has 3 heteroatoms. The van der Waals surface area contributed by atoms with Crippen LogP contribution in [0.5, 0.6) is 0 Å². The van der Waals surface area contributed by atoms with Gasteiger partial charge in [0.05, 0.1) is 0 Å². The van der Waals surface area contributed by atoms with Crippen molar-refractivity contribution in [2.45, 2.75) is 37.9 Å². The van der Waals surface area contributed by atoms with Crippen molar-refractivity contribution in [2.24, 2.45) is 5.92 Å². The molecular formula is C15H21BrClN. The zero-order chi connectivity index (χ0) is 13.0. The summed E-state index contributed by atoms with van der Waals surface area (Å²) in [5.74, 6) is 0.912. The molecule has 0 amide bonds. The molecule has 0 aromatic heterocycles. The van der Waals surface area contributed by atoms with Gasteiger partial charge in [0.2, 0.25) is 0 Å². The van der Waals surface area contributed by atoms with Crippen molar-refractivity contribution < 1.29 is 0 Å². The van der Waals surface area contributed by atoms with E-state index in [2.05, 4.69) is 39.9 Å². The fourth-order valence-corrected chi connectivity index (χ4v) is 3.43. The molecule has 18 heavy (non-hydrogen) atoms. The molecule has 0 bridgehead atoms. The maximum atomic E-state index is 6.07. The number of rotatable bonds is 3. The lowest BCUT2D eigenvalue weighted by atomic mass is 9.98. The summed E-state index contributed by atoms with van der Waals surface area (Å²) in [6, 6.07) is 6.25. The molecular weight excluding hydrogens is 310 g/mol. The average molecular weight is 331 g/mol. The Bertz CT molecular complexity index is 394. The van der Waals surface area contributed by atoms with Gasteiger partial charge in [-0.2, -0.15) is 0 Å². The molecule has 0 aliphatic carbocycles. The van der Waals surface area contributed by atoms with Gasteiger partial charge >= 0.3 is 0 Å². The number of nitrogens with zero attached hydrogens (tertiary/aromatic N) is 1. The van der Waals surface area contributed by atoms with E-state index in [-0.39, 0.29) is 0 Å². The predicted molar refractivity (Wildman–Crippen MR) is 83.9 cm³/mol. The third kappa shape index (κ3) is 3.42. The maximum Gasteiger partial charge on any atom is 0.0410 e. The van der Waals surface area contributed by atoms with Crippen molar-refractivity contribution >= 4 is 33.2 Å². The normalized spacial score (nSPS) is 20.8. The van der Waals surface area contributed by atoms with Crippen LogP contribution >= 0.6 is 27.5 Å². The van der Waals surface area contributed by atoms with Crippen molar-refractivity contribution in [1.29, 1.82) is 0 Å². The zero-order valence-corrected chi connectivity index (χ0v) is 13.3. The Morgan fingerprint density at radius 2 is 2.17 bits per heavy atom. The van der Waals surface area contributed by atoms with E-state index < -0.39 is 0 Å². The number of benzene rings is 1. The van der Waals surface area contributed by atoms with E-state index in [1.807, 2.05) is 6.07 Å². The Morgan fingerprint density at radius 1 is 1.33 bits per heavy atom. The van der Waals surface area contributed by atoms with E-state index in [9.17, 15) is 0 Å². The minimum Gasteiger partial charge on any atom is -0.371 e. The molecule has 1 atom stereocenters. The summed E-state index contributed by atoms with van der Waals surface area (Å²) < 4.78 is 0. The number of halogens is 2. The van der Waals surface area contributed by atoms with Crippen LogP contribution in [0.2, 0.25) is 5.02 Å². The fraction of sp³-hybridized carbons (Fsp3) is 0.600. The van der Waals surface area contributed by atoms with Gasteiger partial charge in [0.25, 0.3) is 0 Å². The van der Waals surface area contributed by atoms with Gasteiger partial charge < -0.3 is 4.90 Å². The smallest absolute Gasteiger partial charge is 0.0410 e. The molecule has 1 saturated heterocycles. The van der Waals surface area contributed by atoms with Crippen LogP contribution < -0.4 is 4.90 Å². The molecule has 1 fully saturated rings. The summed E-state index contributed by atoms with van der Waals surface area (Å²) in [5, 5.41) is 1.70. The van der Waals surface area contributed by atoms with E-state index in [0.29, 0.717) is 0 Å². The van der Waals surface area contributed by atoms with Gasteiger partial charge in [0, 0.05) is 29.1 Å². The van der Waals surface area contributed by atoms with E-state index >= 15 is 0 Å². The molecule has 1 heterocycles. The summed E-state index contributed by atoms with van der Waals surface area (Å²) in [4.78, 5) is 2.53. The molecule has 1 aromatic rings. The average Bonchev–Trinajstić information content (AvgIpc) is 2.63. The monoisotopic (exact) mass is 329 g/mol. The molecule has 0 N–H and O–H groups in total. The van der Waals surface area contributed by atoms with Crippen LogP contribution in [0.3, 0.4) is 0 Å². The Labute approximate surface area is 124 Å². The van der Waals surface area contributed by atoms with Gasteiger partial charge in [-0.05, 0) is 48.9 Å². The van der Waals surface area contributed by atoms with Crippen LogP contribution in [0.25, 0.3) is 0 Å². The summed E-state index contributed by atoms with van der Waals surface area (Å²) >= 11 is 9.64. The van der Waals surface area contributed by atoms with Gasteiger partial charge in [-0.25, -0.2) is 0 Å².